The summed E-state index contributed by atoms with van der Waals surface area (Å²) in [5.74, 6) is 0.490. The van der Waals surface area contributed by atoms with Crippen molar-refractivity contribution >= 4 is 38.8 Å². The Balaban J connectivity index is 1.38. The number of aromatic nitrogens is 1. The number of carbonyl (C=O) groups is 1. The highest BCUT2D eigenvalue weighted by atomic mass is 32.2. The number of nitrogens with one attached hydrogen (secondary N) is 2. The summed E-state index contributed by atoms with van der Waals surface area (Å²) in [6.45, 7) is 6.07. The number of anilines is 2. The Hall–Kier alpha value is -2.95. The fourth-order valence-electron chi connectivity index (χ4n) is 3.51. The highest BCUT2D eigenvalue weighted by Crippen LogP contribution is 2.25. The molecule has 4 rings (SSSR count). The van der Waals surface area contributed by atoms with Crippen LogP contribution in [0.25, 0.3) is 0 Å². The molecule has 1 aromatic carbocycles. The number of hydrogen-bond acceptors (Lipinski definition) is 7. The minimum Gasteiger partial charge on any atom is -0.354 e. The van der Waals surface area contributed by atoms with E-state index in [1.165, 1.54) is 6.07 Å². The van der Waals surface area contributed by atoms with Crippen LogP contribution in [0.2, 0.25) is 0 Å². The lowest BCUT2D eigenvalue weighted by molar-refractivity contribution is 0.0952. The normalized spacial score (nSPS) is 14.8. The van der Waals surface area contributed by atoms with E-state index in [0.717, 1.165) is 54.5 Å². The van der Waals surface area contributed by atoms with Crippen LogP contribution >= 0.6 is 11.3 Å². The lowest BCUT2D eigenvalue weighted by Crippen LogP contribution is -2.44. The molecule has 1 aliphatic heterocycles. The van der Waals surface area contributed by atoms with Crippen molar-refractivity contribution in [2.75, 3.05) is 42.8 Å². The Bertz CT molecular complexity index is 1200. The zero-order valence-electron chi connectivity index (χ0n) is 18.6. The number of pyridine rings is 1. The van der Waals surface area contributed by atoms with Crippen molar-refractivity contribution in [1.82, 2.24) is 15.2 Å². The van der Waals surface area contributed by atoms with Crippen molar-refractivity contribution in [3.63, 3.8) is 0 Å². The Morgan fingerprint density at radius 1 is 1.06 bits per heavy atom. The van der Waals surface area contributed by atoms with Crippen LogP contribution in [-0.2, 0) is 16.6 Å². The van der Waals surface area contributed by atoms with Gasteiger partial charge >= 0.3 is 0 Å². The lowest BCUT2D eigenvalue weighted by Gasteiger charge is -2.33. The van der Waals surface area contributed by atoms with Gasteiger partial charge in [-0.1, -0.05) is 23.8 Å². The number of nitrogens with zero attached hydrogens (tertiary/aromatic N) is 3. The van der Waals surface area contributed by atoms with Crippen LogP contribution in [-0.4, -0.2) is 57.4 Å². The molecule has 3 heterocycles. The molecule has 1 amide bonds. The molecule has 33 heavy (non-hydrogen) atoms. The average molecular weight is 486 g/mol. The summed E-state index contributed by atoms with van der Waals surface area (Å²) >= 11 is 1.10. The summed E-state index contributed by atoms with van der Waals surface area (Å²) in [4.78, 5) is 21.9. The lowest BCUT2D eigenvalue weighted by atomic mass is 10.2. The number of aryl methyl sites for hydroxylation is 1. The number of carbonyl (C=O) groups excluding carboxylic acids is 1. The van der Waals surface area contributed by atoms with Gasteiger partial charge in [0.1, 0.15) is 15.6 Å². The van der Waals surface area contributed by atoms with E-state index in [4.69, 9.17) is 0 Å². The van der Waals surface area contributed by atoms with Gasteiger partial charge in [0.15, 0.2) is 0 Å². The van der Waals surface area contributed by atoms with Crippen molar-refractivity contribution in [1.29, 1.82) is 0 Å². The van der Waals surface area contributed by atoms with Gasteiger partial charge in [-0.25, -0.2) is 13.4 Å². The molecule has 1 saturated heterocycles. The first-order valence-electron chi connectivity index (χ1n) is 10.7. The van der Waals surface area contributed by atoms with Crippen LogP contribution in [0.1, 0.15) is 20.8 Å². The highest BCUT2D eigenvalue weighted by Gasteiger charge is 2.24. The first kappa shape index (κ1) is 23.2. The molecule has 1 fully saturated rings. The molecule has 174 valence electrons. The van der Waals surface area contributed by atoms with E-state index in [-0.39, 0.29) is 16.3 Å². The maximum absolute atomic E-state index is 12.9. The van der Waals surface area contributed by atoms with Gasteiger partial charge in [0, 0.05) is 44.6 Å². The number of sulfonamides is 1. The van der Waals surface area contributed by atoms with E-state index >= 15 is 0 Å². The third kappa shape index (κ3) is 5.70. The predicted molar refractivity (Wildman–Crippen MR) is 131 cm³/mol. The van der Waals surface area contributed by atoms with Gasteiger partial charge in [0.05, 0.1) is 0 Å². The third-order valence-corrected chi connectivity index (χ3v) is 7.98. The SMILES string of the molecule is Cc1ccc(NS(=O)(=O)c2ccsc2C(=O)NCc2ccc(N3CCN(C)CC3)nc2)cc1. The van der Waals surface area contributed by atoms with Crippen molar-refractivity contribution in [3.05, 3.63) is 70.0 Å². The molecule has 3 aromatic rings. The van der Waals surface area contributed by atoms with Gasteiger partial charge in [-0.05, 0) is 49.2 Å². The molecular weight excluding hydrogens is 458 g/mol. The van der Waals surface area contributed by atoms with Gasteiger partial charge in [-0.15, -0.1) is 11.3 Å². The highest BCUT2D eigenvalue weighted by molar-refractivity contribution is 7.93. The molecule has 0 spiro atoms. The first-order chi connectivity index (χ1) is 15.8. The summed E-state index contributed by atoms with van der Waals surface area (Å²) in [5.41, 5.74) is 2.32. The number of amides is 1. The molecule has 0 saturated carbocycles. The fourth-order valence-corrected chi connectivity index (χ4v) is 5.92. The smallest absolute Gasteiger partial charge is 0.263 e. The van der Waals surface area contributed by atoms with E-state index in [9.17, 15) is 13.2 Å². The topological polar surface area (TPSA) is 94.6 Å². The molecule has 0 atom stereocenters. The first-order valence-corrected chi connectivity index (χ1v) is 13.0. The summed E-state index contributed by atoms with van der Waals surface area (Å²) in [7, 11) is -1.77. The molecule has 8 nitrogen and oxygen atoms in total. The molecule has 0 radical (unpaired) electrons. The fraction of sp³-hybridized carbons (Fsp3) is 0.304. The van der Waals surface area contributed by atoms with E-state index in [1.54, 1.807) is 23.7 Å². The zero-order valence-corrected chi connectivity index (χ0v) is 20.2. The molecule has 2 aromatic heterocycles. The number of thiophene rings is 1. The Morgan fingerprint density at radius 2 is 1.79 bits per heavy atom. The summed E-state index contributed by atoms with van der Waals surface area (Å²) in [5, 5.41) is 4.41. The van der Waals surface area contributed by atoms with E-state index in [2.05, 4.69) is 31.9 Å². The summed E-state index contributed by atoms with van der Waals surface area (Å²) in [6.07, 6.45) is 1.75. The van der Waals surface area contributed by atoms with Crippen molar-refractivity contribution < 1.29 is 13.2 Å². The summed E-state index contributed by atoms with van der Waals surface area (Å²) < 4.78 is 28.2. The number of likely N-dealkylation sites (N-methyl/N-ethyl adjacent to an activating group) is 1. The van der Waals surface area contributed by atoms with E-state index in [0.29, 0.717) is 5.69 Å². The van der Waals surface area contributed by atoms with Crippen molar-refractivity contribution in [3.8, 4) is 0 Å². The van der Waals surface area contributed by atoms with Gasteiger partial charge in [0.2, 0.25) is 0 Å². The van der Waals surface area contributed by atoms with E-state index < -0.39 is 15.9 Å². The van der Waals surface area contributed by atoms with Crippen LogP contribution < -0.4 is 14.9 Å². The van der Waals surface area contributed by atoms with Crippen LogP contribution in [0.5, 0.6) is 0 Å². The van der Waals surface area contributed by atoms with Crippen LogP contribution in [0.4, 0.5) is 11.5 Å². The number of piperazine rings is 1. The second-order valence-corrected chi connectivity index (χ2v) is 10.7. The maximum Gasteiger partial charge on any atom is 0.263 e. The molecule has 2 N–H and O–H groups in total. The molecule has 10 heteroatoms. The number of hydrogen-bond donors (Lipinski definition) is 2. The minimum atomic E-state index is -3.89. The number of benzene rings is 1. The third-order valence-electron chi connectivity index (χ3n) is 5.52. The second kappa shape index (κ2) is 9.90. The van der Waals surface area contributed by atoms with Crippen molar-refractivity contribution in [2.24, 2.45) is 0 Å². The van der Waals surface area contributed by atoms with Crippen LogP contribution in [0.3, 0.4) is 0 Å². The number of rotatable bonds is 7. The molecule has 0 bridgehead atoms. The molecule has 1 aliphatic rings. The largest absolute Gasteiger partial charge is 0.354 e. The predicted octanol–water partition coefficient (Wildman–Crippen LogP) is 2.93. The zero-order chi connectivity index (χ0) is 23.4. The van der Waals surface area contributed by atoms with Crippen LogP contribution in [0.15, 0.2) is 58.9 Å². The minimum absolute atomic E-state index is 0.0332. The Kier molecular flexibility index (Phi) is 6.96. The van der Waals surface area contributed by atoms with Gasteiger partial charge in [-0.2, -0.15) is 0 Å². The summed E-state index contributed by atoms with van der Waals surface area (Å²) in [6, 6.07) is 12.4. The van der Waals surface area contributed by atoms with Gasteiger partial charge < -0.3 is 15.1 Å². The van der Waals surface area contributed by atoms with Gasteiger partial charge in [-0.3, -0.25) is 9.52 Å². The Labute approximate surface area is 198 Å². The quantitative estimate of drug-likeness (QED) is 0.534. The monoisotopic (exact) mass is 485 g/mol. The molecule has 0 aliphatic carbocycles. The van der Waals surface area contributed by atoms with Gasteiger partial charge in [0.25, 0.3) is 15.9 Å². The second-order valence-electron chi connectivity index (χ2n) is 8.08. The average Bonchev–Trinajstić information content (AvgIpc) is 3.31. The molecular formula is C23H27N5O3S2. The molecule has 0 unspecified atom stereocenters. The maximum atomic E-state index is 12.9. The van der Waals surface area contributed by atoms with Crippen LogP contribution in [0, 0.1) is 6.92 Å². The standard InChI is InChI=1S/C23H27N5O3S2/c1-17-3-6-19(7-4-17)26-33(30,31)20-9-14-32-22(20)23(29)25-16-18-5-8-21(24-15-18)28-12-10-27(2)11-13-28/h3-9,14-15,26H,10-13,16H2,1-2H3,(H,25,29). The van der Waals surface area contributed by atoms with E-state index in [1.807, 2.05) is 31.2 Å². The Morgan fingerprint density at radius 3 is 2.45 bits per heavy atom. The van der Waals surface area contributed by atoms with Crippen molar-refractivity contribution in [2.45, 2.75) is 18.4 Å².